The number of halogens is 8. The summed E-state index contributed by atoms with van der Waals surface area (Å²) >= 11 is 0. The Morgan fingerprint density at radius 3 is 1.75 bits per heavy atom. The maximum atomic E-state index is 14.7. The third kappa shape index (κ3) is 4.99. The lowest BCUT2D eigenvalue weighted by Gasteiger charge is -2.12. The molecule has 3 rings (SSSR count). The summed E-state index contributed by atoms with van der Waals surface area (Å²) < 4.78 is 109. The molecule has 0 spiro atoms. The van der Waals surface area contributed by atoms with E-state index in [-0.39, 0.29) is 28.8 Å². The molecule has 0 saturated carbocycles. The maximum absolute atomic E-state index is 14.7. The first kappa shape index (κ1) is 23.5. The first-order chi connectivity index (χ1) is 14.9. The van der Waals surface area contributed by atoms with E-state index in [9.17, 15) is 40.2 Å². The van der Waals surface area contributed by atoms with Gasteiger partial charge in [-0.1, -0.05) is 12.1 Å². The van der Waals surface area contributed by atoms with Crippen LogP contribution in [0.5, 0.6) is 0 Å². The van der Waals surface area contributed by atoms with Crippen LogP contribution in [0.1, 0.15) is 24.2 Å². The van der Waals surface area contributed by atoms with Crippen molar-refractivity contribution in [2.24, 2.45) is 0 Å². The Labute approximate surface area is 177 Å². The van der Waals surface area contributed by atoms with Gasteiger partial charge in [0.05, 0.1) is 11.7 Å². The Balaban J connectivity index is 2.05. The van der Waals surface area contributed by atoms with E-state index in [1.807, 2.05) is 0 Å². The Morgan fingerprint density at radius 2 is 1.28 bits per heavy atom. The highest BCUT2D eigenvalue weighted by Crippen LogP contribution is 2.34. The van der Waals surface area contributed by atoms with Crippen molar-refractivity contribution in [1.29, 1.82) is 0 Å². The molecule has 1 N–H and O–H groups in total. The predicted octanol–water partition coefficient (Wildman–Crippen LogP) is 7.34. The van der Waals surface area contributed by atoms with Crippen LogP contribution < -0.4 is 0 Å². The first-order valence-electron chi connectivity index (χ1n) is 9.09. The fourth-order valence-electron chi connectivity index (χ4n) is 3.10. The minimum atomic E-state index is -4.81. The predicted molar refractivity (Wildman–Crippen MR) is 103 cm³/mol. The summed E-state index contributed by atoms with van der Waals surface area (Å²) in [6.45, 7) is 1.41. The smallest absolute Gasteiger partial charge is 0.389 e. The molecule has 0 aromatic heterocycles. The SMILES string of the molecule is CC(O)c1ccc(-c2cc(F)c(-c3cc(F)c(/C=C/C(F)(F)F)c(F)c3)c(F)c2)c(F)c1. The highest BCUT2D eigenvalue weighted by molar-refractivity contribution is 5.73. The summed E-state index contributed by atoms with van der Waals surface area (Å²) in [6.07, 6.45) is -5.98. The molecule has 0 bridgehead atoms. The zero-order chi connectivity index (χ0) is 23.8. The summed E-state index contributed by atoms with van der Waals surface area (Å²) in [6, 6.07) is 6.09. The van der Waals surface area contributed by atoms with Crippen LogP contribution in [-0.4, -0.2) is 11.3 Å². The van der Waals surface area contributed by atoms with Crippen LogP contribution in [0.25, 0.3) is 28.3 Å². The molecular formula is C23H14F8O. The third-order valence-electron chi connectivity index (χ3n) is 4.64. The van der Waals surface area contributed by atoms with Crippen molar-refractivity contribution in [2.45, 2.75) is 19.2 Å². The number of alkyl halides is 3. The molecule has 0 radical (unpaired) electrons. The Kier molecular flexibility index (Phi) is 6.41. The normalized spacial score (nSPS) is 13.1. The molecular weight excluding hydrogens is 444 g/mol. The lowest BCUT2D eigenvalue weighted by molar-refractivity contribution is -0.0790. The van der Waals surface area contributed by atoms with E-state index in [0.717, 1.165) is 18.2 Å². The summed E-state index contributed by atoms with van der Waals surface area (Å²) in [5, 5.41) is 9.49. The number of rotatable bonds is 4. The molecule has 168 valence electrons. The van der Waals surface area contributed by atoms with Gasteiger partial charge in [-0.3, -0.25) is 0 Å². The van der Waals surface area contributed by atoms with Crippen LogP contribution in [0.2, 0.25) is 0 Å². The van der Waals surface area contributed by atoms with Gasteiger partial charge in [0.15, 0.2) is 0 Å². The molecule has 0 heterocycles. The quantitative estimate of drug-likeness (QED) is 0.406. The van der Waals surface area contributed by atoms with Crippen molar-refractivity contribution >= 4 is 6.08 Å². The van der Waals surface area contributed by atoms with Gasteiger partial charge < -0.3 is 5.11 Å². The molecule has 0 aliphatic carbocycles. The molecule has 0 fully saturated rings. The minimum absolute atomic E-state index is 0.171. The molecule has 32 heavy (non-hydrogen) atoms. The van der Waals surface area contributed by atoms with Crippen LogP contribution in [-0.2, 0) is 0 Å². The molecule has 1 atom stereocenters. The van der Waals surface area contributed by atoms with Gasteiger partial charge in [-0.25, -0.2) is 22.0 Å². The molecule has 0 saturated heterocycles. The van der Waals surface area contributed by atoms with Crippen molar-refractivity contribution in [1.82, 2.24) is 0 Å². The summed E-state index contributed by atoms with van der Waals surface area (Å²) in [7, 11) is 0. The molecule has 0 aliphatic rings. The lowest BCUT2D eigenvalue weighted by Crippen LogP contribution is -2.01. The van der Waals surface area contributed by atoms with Gasteiger partial charge in [0.2, 0.25) is 0 Å². The van der Waals surface area contributed by atoms with E-state index >= 15 is 0 Å². The first-order valence-corrected chi connectivity index (χ1v) is 9.09. The van der Waals surface area contributed by atoms with Gasteiger partial charge in [0, 0.05) is 17.2 Å². The van der Waals surface area contributed by atoms with Crippen LogP contribution in [0.15, 0.2) is 48.5 Å². The number of hydrogen-bond donors (Lipinski definition) is 1. The Hall–Kier alpha value is -3.20. The standard InChI is InChI=1S/C23H14F8O/c1-11(32)12-2-3-15(17(24)6-12)13-7-20(27)22(21(28)8-13)14-9-18(25)16(19(26)10-14)4-5-23(29,30)31/h2-11,32H,1H3/b5-4+. The van der Waals surface area contributed by atoms with Gasteiger partial charge in [0.1, 0.15) is 29.1 Å². The molecule has 9 heteroatoms. The van der Waals surface area contributed by atoms with Crippen molar-refractivity contribution in [3.05, 3.63) is 88.8 Å². The topological polar surface area (TPSA) is 20.2 Å². The van der Waals surface area contributed by atoms with E-state index in [4.69, 9.17) is 0 Å². The van der Waals surface area contributed by atoms with Crippen LogP contribution in [0.4, 0.5) is 35.1 Å². The lowest BCUT2D eigenvalue weighted by atomic mass is 9.96. The van der Waals surface area contributed by atoms with Crippen LogP contribution in [0, 0.1) is 29.1 Å². The summed E-state index contributed by atoms with van der Waals surface area (Å²) in [5.74, 6) is -6.30. The van der Waals surface area contributed by atoms with Crippen molar-refractivity contribution in [2.75, 3.05) is 0 Å². The van der Waals surface area contributed by atoms with E-state index in [0.29, 0.717) is 12.1 Å². The molecule has 3 aromatic carbocycles. The zero-order valence-electron chi connectivity index (χ0n) is 16.2. The second-order valence-electron chi connectivity index (χ2n) is 6.96. The highest BCUT2D eigenvalue weighted by Gasteiger charge is 2.24. The maximum Gasteiger partial charge on any atom is 0.409 e. The monoisotopic (exact) mass is 458 g/mol. The molecule has 0 aliphatic heterocycles. The van der Waals surface area contributed by atoms with Gasteiger partial charge in [-0.05, 0) is 60.0 Å². The zero-order valence-corrected chi connectivity index (χ0v) is 16.2. The van der Waals surface area contributed by atoms with E-state index in [2.05, 4.69) is 0 Å². The van der Waals surface area contributed by atoms with Crippen molar-refractivity contribution < 1.29 is 40.2 Å². The third-order valence-corrected chi connectivity index (χ3v) is 4.64. The van der Waals surface area contributed by atoms with Crippen molar-refractivity contribution in [3.8, 4) is 22.3 Å². The van der Waals surface area contributed by atoms with E-state index in [1.54, 1.807) is 0 Å². The fraction of sp³-hybridized carbons (Fsp3) is 0.130. The summed E-state index contributed by atoms with van der Waals surface area (Å²) in [4.78, 5) is 0. The Morgan fingerprint density at radius 1 is 0.750 bits per heavy atom. The van der Waals surface area contributed by atoms with Crippen LogP contribution >= 0.6 is 0 Å². The van der Waals surface area contributed by atoms with Gasteiger partial charge in [0.25, 0.3) is 0 Å². The average Bonchev–Trinajstić information content (AvgIpc) is 2.65. The largest absolute Gasteiger partial charge is 0.409 e. The van der Waals surface area contributed by atoms with Crippen LogP contribution in [0.3, 0.4) is 0 Å². The highest BCUT2D eigenvalue weighted by atomic mass is 19.4. The second kappa shape index (κ2) is 8.74. The molecule has 1 nitrogen and oxygen atoms in total. The Bertz CT molecular complexity index is 1150. The average molecular weight is 458 g/mol. The summed E-state index contributed by atoms with van der Waals surface area (Å²) in [5.41, 5.74) is -2.58. The minimum Gasteiger partial charge on any atom is -0.389 e. The van der Waals surface area contributed by atoms with E-state index in [1.165, 1.54) is 19.1 Å². The van der Waals surface area contributed by atoms with Gasteiger partial charge in [-0.15, -0.1) is 0 Å². The number of aliphatic hydroxyl groups excluding tert-OH is 1. The van der Waals surface area contributed by atoms with E-state index < -0.39 is 58.1 Å². The fourth-order valence-corrected chi connectivity index (χ4v) is 3.10. The number of aliphatic hydroxyl groups is 1. The second-order valence-corrected chi connectivity index (χ2v) is 6.96. The van der Waals surface area contributed by atoms with Gasteiger partial charge >= 0.3 is 6.18 Å². The molecule has 0 amide bonds. The number of benzene rings is 3. The molecule has 1 unspecified atom stereocenters. The number of hydrogen-bond acceptors (Lipinski definition) is 1. The number of allylic oxidation sites excluding steroid dienone is 1. The molecule has 3 aromatic rings. The van der Waals surface area contributed by atoms with Gasteiger partial charge in [-0.2, -0.15) is 13.2 Å². The van der Waals surface area contributed by atoms with Crippen molar-refractivity contribution in [3.63, 3.8) is 0 Å².